The lowest BCUT2D eigenvalue weighted by atomic mass is 10.2. The molecule has 0 amide bonds. The van der Waals surface area contributed by atoms with Crippen LogP contribution in [0.2, 0.25) is 0 Å². The lowest BCUT2D eigenvalue weighted by molar-refractivity contribution is 0.274. The van der Waals surface area contributed by atoms with Gasteiger partial charge in [-0.3, -0.25) is 0 Å². The summed E-state index contributed by atoms with van der Waals surface area (Å²) in [6, 6.07) is 3.69. The molecular weight excluding hydrogens is 168 g/mol. The smallest absolute Gasteiger partial charge is 0.152 e. The summed E-state index contributed by atoms with van der Waals surface area (Å²) < 4.78 is 5.17. The van der Waals surface area contributed by atoms with Gasteiger partial charge in [0.25, 0.3) is 0 Å². The van der Waals surface area contributed by atoms with Gasteiger partial charge in [-0.15, -0.1) is 0 Å². The van der Waals surface area contributed by atoms with E-state index in [0.29, 0.717) is 5.75 Å². The van der Waals surface area contributed by atoms with Crippen molar-refractivity contribution >= 4 is 11.0 Å². The molecule has 0 aliphatic carbocycles. The number of hydrogen-bond acceptors (Lipinski definition) is 3. The summed E-state index contributed by atoms with van der Waals surface area (Å²) in [5.41, 5.74) is 2.42. The third kappa shape index (κ3) is 1.15. The highest BCUT2D eigenvalue weighted by molar-refractivity contribution is 5.82. The lowest BCUT2D eigenvalue weighted by Crippen LogP contribution is -1.92. The van der Waals surface area contributed by atoms with Crippen molar-refractivity contribution in [2.45, 2.75) is 6.61 Å². The van der Waals surface area contributed by atoms with Crippen LogP contribution in [0, 0.1) is 0 Å². The highest BCUT2D eigenvalue weighted by Crippen LogP contribution is 2.26. The Hall–Kier alpha value is -1.55. The largest absolute Gasteiger partial charge is 0.494 e. The summed E-state index contributed by atoms with van der Waals surface area (Å²) in [5, 5.41) is 9.03. The molecule has 0 aliphatic rings. The maximum Gasteiger partial charge on any atom is 0.152 e. The number of nitrogens with zero attached hydrogens (tertiary/aromatic N) is 1. The van der Waals surface area contributed by atoms with Crippen molar-refractivity contribution in [3.63, 3.8) is 0 Å². The number of imidazole rings is 1. The molecule has 0 unspecified atom stereocenters. The van der Waals surface area contributed by atoms with Crippen LogP contribution < -0.4 is 4.74 Å². The number of nitrogens with one attached hydrogen (secondary N) is 1. The van der Waals surface area contributed by atoms with Crippen molar-refractivity contribution in [1.82, 2.24) is 9.97 Å². The Kier molecular flexibility index (Phi) is 1.90. The average Bonchev–Trinajstić information content (AvgIpc) is 2.63. The maximum absolute atomic E-state index is 9.03. The molecule has 13 heavy (non-hydrogen) atoms. The number of H-pyrrole nitrogens is 1. The predicted molar refractivity (Wildman–Crippen MR) is 48.6 cm³/mol. The number of hydrogen-bond donors (Lipinski definition) is 2. The lowest BCUT2D eigenvalue weighted by Gasteiger charge is -2.05. The number of aromatic nitrogens is 2. The summed E-state index contributed by atoms with van der Waals surface area (Å²) in [7, 11) is 1.57. The molecule has 0 saturated carbocycles. The first-order valence-corrected chi connectivity index (χ1v) is 3.96. The fourth-order valence-corrected chi connectivity index (χ4v) is 1.38. The monoisotopic (exact) mass is 178 g/mol. The number of aromatic amines is 1. The highest BCUT2D eigenvalue weighted by Gasteiger charge is 2.08. The molecule has 4 nitrogen and oxygen atoms in total. The zero-order chi connectivity index (χ0) is 9.26. The zero-order valence-corrected chi connectivity index (χ0v) is 7.24. The van der Waals surface area contributed by atoms with Gasteiger partial charge in [-0.2, -0.15) is 0 Å². The Morgan fingerprint density at radius 3 is 3.08 bits per heavy atom. The Balaban J connectivity index is 2.74. The molecule has 1 aromatic heterocycles. The number of rotatable bonds is 2. The summed E-state index contributed by atoms with van der Waals surface area (Å²) in [5.74, 6) is 0.640. The standard InChI is InChI=1S/C9H10N2O2/c1-13-9-6(4-12)2-3-7-8(9)11-5-10-7/h2-3,5,12H,4H2,1H3,(H,10,11). The third-order valence-corrected chi connectivity index (χ3v) is 2.00. The fourth-order valence-electron chi connectivity index (χ4n) is 1.38. The van der Waals surface area contributed by atoms with Crippen molar-refractivity contribution in [3.05, 3.63) is 24.0 Å². The maximum atomic E-state index is 9.03. The van der Waals surface area contributed by atoms with Crippen LogP contribution >= 0.6 is 0 Å². The van der Waals surface area contributed by atoms with Gasteiger partial charge in [0.05, 0.1) is 25.6 Å². The highest BCUT2D eigenvalue weighted by atomic mass is 16.5. The van der Waals surface area contributed by atoms with Crippen LogP contribution in [0.15, 0.2) is 18.5 Å². The minimum atomic E-state index is -0.0357. The van der Waals surface area contributed by atoms with Crippen molar-refractivity contribution in [2.24, 2.45) is 0 Å². The van der Waals surface area contributed by atoms with E-state index in [2.05, 4.69) is 9.97 Å². The first-order chi connectivity index (χ1) is 6.36. The number of methoxy groups -OCH3 is 1. The second-order valence-electron chi connectivity index (χ2n) is 2.71. The van der Waals surface area contributed by atoms with Crippen LogP contribution in [0.25, 0.3) is 11.0 Å². The number of ether oxygens (including phenoxy) is 1. The zero-order valence-electron chi connectivity index (χ0n) is 7.24. The number of fused-ring (bicyclic) bond motifs is 1. The molecule has 0 bridgehead atoms. The summed E-state index contributed by atoms with van der Waals surface area (Å²) in [4.78, 5) is 7.08. The molecule has 68 valence electrons. The second kappa shape index (κ2) is 3.06. The molecule has 4 heteroatoms. The van der Waals surface area contributed by atoms with E-state index in [1.165, 1.54) is 0 Å². The van der Waals surface area contributed by atoms with Gasteiger partial charge in [0.1, 0.15) is 5.52 Å². The number of aliphatic hydroxyl groups is 1. The molecule has 2 aromatic rings. The minimum Gasteiger partial charge on any atom is -0.494 e. The molecular formula is C9H10N2O2. The molecule has 1 aromatic carbocycles. The number of aliphatic hydroxyl groups excluding tert-OH is 1. The van der Waals surface area contributed by atoms with Crippen LogP contribution in [0.1, 0.15) is 5.56 Å². The van der Waals surface area contributed by atoms with E-state index in [-0.39, 0.29) is 6.61 Å². The van der Waals surface area contributed by atoms with Gasteiger partial charge in [0, 0.05) is 5.56 Å². The van der Waals surface area contributed by atoms with Gasteiger partial charge >= 0.3 is 0 Å². The van der Waals surface area contributed by atoms with E-state index in [9.17, 15) is 0 Å². The van der Waals surface area contributed by atoms with Crippen molar-refractivity contribution in [1.29, 1.82) is 0 Å². The van der Waals surface area contributed by atoms with E-state index < -0.39 is 0 Å². The van der Waals surface area contributed by atoms with Crippen LogP contribution in [-0.4, -0.2) is 22.2 Å². The fraction of sp³-hybridized carbons (Fsp3) is 0.222. The average molecular weight is 178 g/mol. The molecule has 0 radical (unpaired) electrons. The molecule has 0 aliphatic heterocycles. The summed E-state index contributed by atoms with van der Waals surface area (Å²) in [6.07, 6.45) is 1.61. The summed E-state index contributed by atoms with van der Waals surface area (Å²) in [6.45, 7) is -0.0357. The molecule has 2 N–H and O–H groups in total. The van der Waals surface area contributed by atoms with Gasteiger partial charge in [0.15, 0.2) is 5.75 Å². The first kappa shape index (κ1) is 8.07. The van der Waals surface area contributed by atoms with Gasteiger partial charge in [-0.25, -0.2) is 4.98 Å². The number of benzene rings is 1. The van der Waals surface area contributed by atoms with Crippen LogP contribution in [0.5, 0.6) is 5.75 Å². The molecule has 0 fully saturated rings. The van der Waals surface area contributed by atoms with Gasteiger partial charge in [-0.1, -0.05) is 6.07 Å². The van der Waals surface area contributed by atoms with Crippen molar-refractivity contribution < 1.29 is 9.84 Å². The molecule has 2 rings (SSSR count). The van der Waals surface area contributed by atoms with E-state index in [4.69, 9.17) is 9.84 Å². The Labute approximate surface area is 75.2 Å². The van der Waals surface area contributed by atoms with Crippen LogP contribution in [0.3, 0.4) is 0 Å². The summed E-state index contributed by atoms with van der Waals surface area (Å²) >= 11 is 0. The van der Waals surface area contributed by atoms with Gasteiger partial charge < -0.3 is 14.8 Å². The molecule has 0 spiro atoms. The van der Waals surface area contributed by atoms with E-state index in [1.807, 2.05) is 12.1 Å². The SMILES string of the molecule is COc1c(CO)ccc2[nH]cnc12. The van der Waals surface area contributed by atoms with E-state index in [1.54, 1.807) is 13.4 Å². The third-order valence-electron chi connectivity index (χ3n) is 2.00. The van der Waals surface area contributed by atoms with E-state index in [0.717, 1.165) is 16.6 Å². The van der Waals surface area contributed by atoms with Crippen molar-refractivity contribution in [3.8, 4) is 5.75 Å². The predicted octanol–water partition coefficient (Wildman–Crippen LogP) is 1.06. The second-order valence-corrected chi connectivity index (χ2v) is 2.71. The first-order valence-electron chi connectivity index (χ1n) is 3.96. The Bertz CT molecular complexity index is 422. The van der Waals surface area contributed by atoms with Crippen LogP contribution in [0.4, 0.5) is 0 Å². The normalized spacial score (nSPS) is 10.6. The van der Waals surface area contributed by atoms with E-state index >= 15 is 0 Å². The minimum absolute atomic E-state index is 0.0357. The van der Waals surface area contributed by atoms with Crippen molar-refractivity contribution in [2.75, 3.05) is 7.11 Å². The molecule has 0 atom stereocenters. The molecule has 0 saturated heterocycles. The van der Waals surface area contributed by atoms with Gasteiger partial charge in [-0.05, 0) is 6.07 Å². The quantitative estimate of drug-likeness (QED) is 0.723. The van der Waals surface area contributed by atoms with Crippen LogP contribution in [-0.2, 0) is 6.61 Å². The molecule has 1 heterocycles. The topological polar surface area (TPSA) is 58.1 Å². The Morgan fingerprint density at radius 2 is 2.38 bits per heavy atom. The Morgan fingerprint density at radius 1 is 1.54 bits per heavy atom. The van der Waals surface area contributed by atoms with Gasteiger partial charge in [0.2, 0.25) is 0 Å².